The minimum Gasteiger partial charge on any atom is -0.316 e. The van der Waals surface area contributed by atoms with Crippen molar-refractivity contribution in [1.29, 1.82) is 0 Å². The van der Waals surface area contributed by atoms with E-state index in [0.717, 1.165) is 13.1 Å². The Labute approximate surface area is 135 Å². The van der Waals surface area contributed by atoms with Crippen LogP contribution in [0.2, 0.25) is 0 Å². The fourth-order valence-electron chi connectivity index (χ4n) is 2.09. The Morgan fingerprint density at radius 3 is 2.00 bits per heavy atom. The van der Waals surface area contributed by atoms with Gasteiger partial charge < -0.3 is 5.32 Å². The maximum Gasteiger partial charge on any atom is -0.000824 e. The van der Waals surface area contributed by atoms with Crippen LogP contribution in [0.5, 0.6) is 0 Å². The molecule has 1 nitrogen and oxygen atoms in total. The summed E-state index contributed by atoms with van der Waals surface area (Å²) in [6, 6.07) is 0. The molecule has 0 radical (unpaired) electrons. The fourth-order valence-corrected chi connectivity index (χ4v) is 2.09. The first-order chi connectivity index (χ1) is 10.3. The standard InChI is InChI=1S/C14H23N.3C2H6/c1-4-6-12(3)11-14-8-10-15-9-7-13(14)5-2;3*1-2/h4,6,11,15H,5,7-10H2,1-3H3;3*1-2H3/b6-4-,12-11-;;;. The fraction of sp³-hybridized carbons (Fsp3) is 0.700. The van der Waals surface area contributed by atoms with E-state index in [9.17, 15) is 0 Å². The molecule has 1 heterocycles. The third-order valence-electron chi connectivity index (χ3n) is 2.89. The van der Waals surface area contributed by atoms with Crippen LogP contribution >= 0.6 is 0 Å². The van der Waals surface area contributed by atoms with E-state index in [0.29, 0.717) is 0 Å². The highest BCUT2D eigenvalue weighted by Crippen LogP contribution is 2.20. The zero-order valence-electron chi connectivity index (χ0n) is 16.3. The second kappa shape index (κ2) is 21.5. The van der Waals surface area contributed by atoms with E-state index in [4.69, 9.17) is 0 Å². The predicted octanol–water partition coefficient (Wildman–Crippen LogP) is 6.68. The van der Waals surface area contributed by atoms with Gasteiger partial charge in [-0.1, -0.05) is 77.8 Å². The molecule has 0 fully saturated rings. The molecule has 0 aromatic heterocycles. The molecule has 1 aliphatic rings. The molecule has 1 rings (SSSR count). The van der Waals surface area contributed by atoms with Crippen LogP contribution in [0, 0.1) is 0 Å². The van der Waals surface area contributed by atoms with Gasteiger partial charge in [0.1, 0.15) is 0 Å². The highest BCUT2D eigenvalue weighted by Gasteiger charge is 2.07. The summed E-state index contributed by atoms with van der Waals surface area (Å²) in [4.78, 5) is 0. The van der Waals surface area contributed by atoms with Crippen LogP contribution in [0.1, 0.15) is 81.6 Å². The Kier molecular flexibility index (Phi) is 25.7. The van der Waals surface area contributed by atoms with Gasteiger partial charge in [-0.15, -0.1) is 0 Å². The van der Waals surface area contributed by atoms with Gasteiger partial charge in [0.25, 0.3) is 0 Å². The van der Waals surface area contributed by atoms with Crippen molar-refractivity contribution in [2.45, 2.75) is 81.6 Å². The summed E-state index contributed by atoms with van der Waals surface area (Å²) in [7, 11) is 0. The number of hydrogen-bond acceptors (Lipinski definition) is 1. The molecule has 21 heavy (non-hydrogen) atoms. The molecule has 1 heteroatoms. The highest BCUT2D eigenvalue weighted by molar-refractivity contribution is 5.33. The lowest BCUT2D eigenvalue weighted by atomic mass is 9.99. The molecular formula is C20H41N. The molecule has 0 saturated carbocycles. The quantitative estimate of drug-likeness (QED) is 0.573. The smallest absolute Gasteiger partial charge is 0.000824 e. The first kappa shape index (κ1) is 25.2. The van der Waals surface area contributed by atoms with Crippen molar-refractivity contribution in [3.05, 3.63) is 34.9 Å². The van der Waals surface area contributed by atoms with Crippen LogP contribution in [-0.2, 0) is 0 Å². The average molecular weight is 296 g/mol. The summed E-state index contributed by atoms with van der Waals surface area (Å²) < 4.78 is 0. The minimum absolute atomic E-state index is 1.12. The Balaban J connectivity index is -0.000000478. The number of hydrogen-bond donors (Lipinski definition) is 1. The molecule has 0 amide bonds. The van der Waals surface area contributed by atoms with E-state index in [1.165, 1.54) is 24.8 Å². The molecule has 0 aromatic carbocycles. The monoisotopic (exact) mass is 295 g/mol. The largest absolute Gasteiger partial charge is 0.316 e. The lowest BCUT2D eigenvalue weighted by molar-refractivity contribution is 0.704. The molecular weight excluding hydrogens is 254 g/mol. The Bertz CT molecular complexity index is 282. The predicted molar refractivity (Wildman–Crippen MR) is 102 cm³/mol. The molecule has 0 atom stereocenters. The van der Waals surface area contributed by atoms with Crippen LogP contribution in [0.15, 0.2) is 34.9 Å². The maximum atomic E-state index is 3.46. The second-order valence-corrected chi connectivity index (χ2v) is 4.12. The maximum absolute atomic E-state index is 3.46. The molecule has 0 unspecified atom stereocenters. The molecule has 1 N–H and O–H groups in total. The summed E-state index contributed by atoms with van der Waals surface area (Å²) >= 11 is 0. The van der Waals surface area contributed by atoms with Gasteiger partial charge in [0.05, 0.1) is 0 Å². The van der Waals surface area contributed by atoms with Gasteiger partial charge in [-0.25, -0.2) is 0 Å². The molecule has 1 aliphatic heterocycles. The van der Waals surface area contributed by atoms with Gasteiger partial charge in [-0.2, -0.15) is 0 Å². The van der Waals surface area contributed by atoms with Gasteiger partial charge in [-0.05, 0) is 51.8 Å². The van der Waals surface area contributed by atoms with Gasteiger partial charge in [-0.3, -0.25) is 0 Å². The van der Waals surface area contributed by atoms with Crippen molar-refractivity contribution >= 4 is 0 Å². The molecule has 126 valence electrons. The van der Waals surface area contributed by atoms with Crippen molar-refractivity contribution in [1.82, 2.24) is 5.32 Å². The minimum atomic E-state index is 1.12. The molecule has 0 saturated heterocycles. The summed E-state index contributed by atoms with van der Waals surface area (Å²) in [5.41, 5.74) is 4.54. The molecule has 0 aromatic rings. The zero-order valence-corrected chi connectivity index (χ0v) is 16.3. The van der Waals surface area contributed by atoms with E-state index < -0.39 is 0 Å². The molecule has 0 aliphatic carbocycles. The van der Waals surface area contributed by atoms with Crippen LogP contribution in [0.4, 0.5) is 0 Å². The Morgan fingerprint density at radius 1 is 1.00 bits per heavy atom. The van der Waals surface area contributed by atoms with Crippen molar-refractivity contribution in [3.63, 3.8) is 0 Å². The van der Waals surface area contributed by atoms with Crippen LogP contribution in [0.3, 0.4) is 0 Å². The Hall–Kier alpha value is -0.820. The van der Waals surface area contributed by atoms with Crippen molar-refractivity contribution < 1.29 is 0 Å². The summed E-state index contributed by atoms with van der Waals surface area (Å²) in [5, 5.41) is 3.46. The summed E-state index contributed by atoms with van der Waals surface area (Å²) in [6.45, 7) is 20.8. The van der Waals surface area contributed by atoms with Gasteiger partial charge in [0, 0.05) is 0 Å². The number of allylic oxidation sites excluding steroid dienone is 4. The van der Waals surface area contributed by atoms with E-state index in [-0.39, 0.29) is 0 Å². The lowest BCUT2D eigenvalue weighted by Gasteiger charge is -2.07. The SMILES string of the molecule is C/C=C\C(C)=C/C1=C(CC)CCNCC1.CC.CC.CC. The first-order valence-electron chi connectivity index (χ1n) is 9.00. The van der Waals surface area contributed by atoms with E-state index in [1.54, 1.807) is 11.1 Å². The lowest BCUT2D eigenvalue weighted by Crippen LogP contribution is -2.14. The summed E-state index contributed by atoms with van der Waals surface area (Å²) in [6.07, 6.45) is 10.2. The van der Waals surface area contributed by atoms with Crippen molar-refractivity contribution in [3.8, 4) is 0 Å². The van der Waals surface area contributed by atoms with Gasteiger partial charge >= 0.3 is 0 Å². The van der Waals surface area contributed by atoms with Crippen LogP contribution < -0.4 is 5.32 Å². The Morgan fingerprint density at radius 2 is 1.52 bits per heavy atom. The van der Waals surface area contributed by atoms with Crippen LogP contribution in [-0.4, -0.2) is 13.1 Å². The van der Waals surface area contributed by atoms with Crippen molar-refractivity contribution in [2.24, 2.45) is 0 Å². The number of rotatable bonds is 3. The normalized spacial score (nSPS) is 15.0. The topological polar surface area (TPSA) is 12.0 Å². The van der Waals surface area contributed by atoms with E-state index in [2.05, 4.69) is 44.3 Å². The van der Waals surface area contributed by atoms with Gasteiger partial charge in [0.2, 0.25) is 0 Å². The third-order valence-corrected chi connectivity index (χ3v) is 2.89. The van der Waals surface area contributed by atoms with E-state index >= 15 is 0 Å². The van der Waals surface area contributed by atoms with E-state index in [1.807, 2.05) is 41.5 Å². The molecule has 0 bridgehead atoms. The van der Waals surface area contributed by atoms with Crippen molar-refractivity contribution in [2.75, 3.05) is 13.1 Å². The van der Waals surface area contributed by atoms with Crippen LogP contribution in [0.25, 0.3) is 0 Å². The third kappa shape index (κ3) is 13.9. The zero-order chi connectivity index (χ0) is 17.1. The highest BCUT2D eigenvalue weighted by atomic mass is 14.8. The average Bonchev–Trinajstić information content (AvgIpc) is 2.78. The molecule has 0 spiro atoms. The van der Waals surface area contributed by atoms with Gasteiger partial charge in [0.15, 0.2) is 0 Å². The summed E-state index contributed by atoms with van der Waals surface area (Å²) in [5.74, 6) is 0. The first-order valence-corrected chi connectivity index (χ1v) is 9.00. The second-order valence-electron chi connectivity index (χ2n) is 4.12. The number of nitrogens with one attached hydrogen (secondary N) is 1.